The third-order valence-corrected chi connectivity index (χ3v) is 2.68. The molecule has 1 aromatic carbocycles. The average Bonchev–Trinajstić information content (AvgIpc) is 2.31. The van der Waals surface area contributed by atoms with E-state index in [1.165, 1.54) is 6.92 Å². The van der Waals surface area contributed by atoms with E-state index in [0.29, 0.717) is 12.1 Å². The number of carbonyl (C=O) groups excluding carboxylic acids is 2. The number of ether oxygens (including phenoxy) is 1. The molecule has 0 saturated heterocycles. The van der Waals surface area contributed by atoms with Crippen LogP contribution < -0.4 is 5.32 Å². The van der Waals surface area contributed by atoms with E-state index in [1.54, 1.807) is 20.8 Å². The highest BCUT2D eigenvalue weighted by Gasteiger charge is 2.24. The second-order valence-electron chi connectivity index (χ2n) is 5.47. The molecule has 116 valence electrons. The van der Waals surface area contributed by atoms with Crippen molar-refractivity contribution in [2.24, 2.45) is 0 Å². The average molecular weight is 320 g/mol. The van der Waals surface area contributed by atoms with Gasteiger partial charge in [-0.15, -0.1) is 0 Å². The molecule has 0 aromatic heterocycles. The lowest BCUT2D eigenvalue weighted by Crippen LogP contribution is -2.42. The van der Waals surface area contributed by atoms with Gasteiger partial charge in [-0.2, -0.15) is 0 Å². The lowest BCUT2D eigenvalue weighted by atomic mass is 10.1. The van der Waals surface area contributed by atoms with Gasteiger partial charge in [-0.25, -0.2) is 13.6 Å². The number of carbonyl (C=O) groups is 2. The van der Waals surface area contributed by atoms with Crippen molar-refractivity contribution in [3.8, 4) is 0 Å². The van der Waals surface area contributed by atoms with E-state index in [1.807, 2.05) is 0 Å². The molecule has 7 heteroatoms. The fourth-order valence-electron chi connectivity index (χ4n) is 1.42. The molecule has 0 aliphatic rings. The first-order valence-corrected chi connectivity index (χ1v) is 6.57. The van der Waals surface area contributed by atoms with Crippen molar-refractivity contribution >= 4 is 23.5 Å². The van der Waals surface area contributed by atoms with Crippen LogP contribution in [0.5, 0.6) is 0 Å². The van der Waals surface area contributed by atoms with Gasteiger partial charge in [-0.3, -0.25) is 4.79 Å². The fraction of sp³-hybridized carbons (Fsp3) is 0.429. The van der Waals surface area contributed by atoms with Crippen LogP contribution in [0.1, 0.15) is 38.1 Å². The molecule has 0 aliphatic carbocycles. The van der Waals surface area contributed by atoms with Gasteiger partial charge in [0.05, 0.1) is 10.6 Å². The Labute approximate surface area is 126 Å². The molecule has 0 radical (unpaired) electrons. The van der Waals surface area contributed by atoms with E-state index in [2.05, 4.69) is 5.32 Å². The molecule has 0 bridgehead atoms. The van der Waals surface area contributed by atoms with Crippen LogP contribution in [0, 0.1) is 11.6 Å². The smallest absolute Gasteiger partial charge is 0.328 e. The van der Waals surface area contributed by atoms with Crippen LogP contribution in [0.25, 0.3) is 0 Å². The first-order valence-electron chi connectivity index (χ1n) is 6.19. The SMILES string of the molecule is C[C@@H](NC(=O)c1cc(F)c(F)cc1Cl)C(=O)OC(C)(C)C. The molecular weight excluding hydrogens is 304 g/mol. The molecule has 1 N–H and O–H groups in total. The zero-order valence-electron chi connectivity index (χ0n) is 12.1. The summed E-state index contributed by atoms with van der Waals surface area (Å²) < 4.78 is 31.2. The molecule has 0 unspecified atom stereocenters. The van der Waals surface area contributed by atoms with Crippen molar-refractivity contribution in [2.75, 3.05) is 0 Å². The maximum atomic E-state index is 13.1. The summed E-state index contributed by atoms with van der Waals surface area (Å²) >= 11 is 5.68. The summed E-state index contributed by atoms with van der Waals surface area (Å²) in [5.41, 5.74) is -0.957. The lowest BCUT2D eigenvalue weighted by molar-refractivity contribution is -0.156. The van der Waals surface area contributed by atoms with E-state index in [4.69, 9.17) is 16.3 Å². The summed E-state index contributed by atoms with van der Waals surface area (Å²) in [4.78, 5) is 23.6. The predicted molar refractivity (Wildman–Crippen MR) is 74.1 cm³/mol. The Hall–Kier alpha value is -1.69. The highest BCUT2D eigenvalue weighted by molar-refractivity contribution is 6.33. The summed E-state index contributed by atoms with van der Waals surface area (Å²) in [5.74, 6) is -3.79. The summed E-state index contributed by atoms with van der Waals surface area (Å²) in [6.07, 6.45) is 0. The van der Waals surface area contributed by atoms with Gasteiger partial charge < -0.3 is 10.1 Å². The maximum absolute atomic E-state index is 13.1. The molecule has 0 fully saturated rings. The fourth-order valence-corrected chi connectivity index (χ4v) is 1.66. The quantitative estimate of drug-likeness (QED) is 0.688. The van der Waals surface area contributed by atoms with E-state index < -0.39 is 35.2 Å². The van der Waals surface area contributed by atoms with Crippen molar-refractivity contribution in [1.82, 2.24) is 5.32 Å². The second-order valence-corrected chi connectivity index (χ2v) is 5.88. The van der Waals surface area contributed by atoms with Crippen LogP contribution in [0.4, 0.5) is 8.78 Å². The van der Waals surface area contributed by atoms with E-state index in [0.717, 1.165) is 0 Å². The molecule has 1 amide bonds. The van der Waals surface area contributed by atoms with Gasteiger partial charge in [-0.05, 0) is 39.8 Å². The van der Waals surface area contributed by atoms with Crippen molar-refractivity contribution < 1.29 is 23.1 Å². The number of hydrogen-bond acceptors (Lipinski definition) is 3. The number of hydrogen-bond donors (Lipinski definition) is 1. The Morgan fingerprint density at radius 2 is 1.76 bits per heavy atom. The normalized spacial score (nSPS) is 12.7. The van der Waals surface area contributed by atoms with Gasteiger partial charge in [0.25, 0.3) is 5.91 Å². The van der Waals surface area contributed by atoms with Crippen LogP contribution in [0.15, 0.2) is 12.1 Å². The second kappa shape index (κ2) is 6.39. The van der Waals surface area contributed by atoms with Crippen molar-refractivity contribution in [2.45, 2.75) is 39.3 Å². The van der Waals surface area contributed by atoms with E-state index in [-0.39, 0.29) is 10.6 Å². The maximum Gasteiger partial charge on any atom is 0.328 e. The summed E-state index contributed by atoms with van der Waals surface area (Å²) in [6, 6.07) is 0.416. The number of esters is 1. The Kier molecular flexibility index (Phi) is 5.28. The van der Waals surface area contributed by atoms with Crippen LogP contribution in [0.3, 0.4) is 0 Å². The van der Waals surface area contributed by atoms with Crippen LogP contribution in [0.2, 0.25) is 5.02 Å². The summed E-state index contributed by atoms with van der Waals surface area (Å²) in [6.45, 7) is 6.47. The Morgan fingerprint density at radius 1 is 1.24 bits per heavy atom. The molecule has 1 rings (SSSR count). The molecule has 4 nitrogen and oxygen atoms in total. The highest BCUT2D eigenvalue weighted by atomic mass is 35.5. The molecule has 0 spiro atoms. The van der Waals surface area contributed by atoms with Gasteiger partial charge in [0, 0.05) is 0 Å². The van der Waals surface area contributed by atoms with E-state index in [9.17, 15) is 18.4 Å². The zero-order chi connectivity index (χ0) is 16.4. The molecule has 21 heavy (non-hydrogen) atoms. The number of amides is 1. The Bertz CT molecular complexity index is 570. The van der Waals surface area contributed by atoms with Gasteiger partial charge in [0.2, 0.25) is 0 Å². The van der Waals surface area contributed by atoms with Crippen LogP contribution >= 0.6 is 11.6 Å². The highest BCUT2D eigenvalue weighted by Crippen LogP contribution is 2.20. The Morgan fingerprint density at radius 3 is 2.29 bits per heavy atom. The zero-order valence-corrected chi connectivity index (χ0v) is 12.8. The summed E-state index contributed by atoms with van der Waals surface area (Å²) in [7, 11) is 0. The first-order chi connectivity index (χ1) is 9.51. The minimum atomic E-state index is -1.20. The van der Waals surface area contributed by atoms with Crippen LogP contribution in [-0.4, -0.2) is 23.5 Å². The monoisotopic (exact) mass is 319 g/mol. The van der Waals surface area contributed by atoms with Gasteiger partial charge in [-0.1, -0.05) is 11.6 Å². The van der Waals surface area contributed by atoms with Gasteiger partial charge in [0.1, 0.15) is 11.6 Å². The number of benzene rings is 1. The minimum Gasteiger partial charge on any atom is -0.458 e. The largest absolute Gasteiger partial charge is 0.458 e. The third kappa shape index (κ3) is 4.97. The van der Waals surface area contributed by atoms with Crippen molar-refractivity contribution in [3.05, 3.63) is 34.4 Å². The van der Waals surface area contributed by atoms with Crippen molar-refractivity contribution in [1.29, 1.82) is 0 Å². The molecule has 0 saturated carbocycles. The predicted octanol–water partition coefficient (Wildman–Crippen LogP) is 3.08. The lowest BCUT2D eigenvalue weighted by Gasteiger charge is -2.22. The third-order valence-electron chi connectivity index (χ3n) is 2.36. The first kappa shape index (κ1) is 17.4. The van der Waals surface area contributed by atoms with E-state index >= 15 is 0 Å². The molecule has 1 aromatic rings. The van der Waals surface area contributed by atoms with Gasteiger partial charge >= 0.3 is 5.97 Å². The summed E-state index contributed by atoms with van der Waals surface area (Å²) in [5, 5.41) is 2.07. The van der Waals surface area contributed by atoms with Gasteiger partial charge in [0.15, 0.2) is 11.6 Å². The minimum absolute atomic E-state index is 0.247. The molecule has 1 atom stereocenters. The number of rotatable bonds is 3. The number of nitrogens with one attached hydrogen (secondary N) is 1. The molecule has 0 aliphatic heterocycles. The molecular formula is C14H16ClF2NO3. The molecule has 0 heterocycles. The Balaban J connectivity index is 2.82. The van der Waals surface area contributed by atoms with Crippen LogP contribution in [-0.2, 0) is 9.53 Å². The number of halogens is 3. The standard InChI is InChI=1S/C14H16ClF2NO3/c1-7(13(20)21-14(2,3)4)18-12(19)8-5-10(16)11(17)6-9(8)15/h5-7H,1-4H3,(H,18,19)/t7-/m1/s1. The topological polar surface area (TPSA) is 55.4 Å². The van der Waals surface area contributed by atoms with Crippen molar-refractivity contribution in [3.63, 3.8) is 0 Å².